The molecule has 0 spiro atoms. The van der Waals surface area contributed by atoms with Crippen molar-refractivity contribution in [2.75, 3.05) is 6.79 Å². The third kappa shape index (κ3) is 2.01. The molecular formula is C15H12N2O3. The van der Waals surface area contributed by atoms with E-state index >= 15 is 0 Å². The second-order valence-electron chi connectivity index (χ2n) is 4.58. The van der Waals surface area contributed by atoms with Gasteiger partial charge in [0.1, 0.15) is 11.6 Å². The molecule has 2 heterocycles. The number of fused-ring (bicyclic) bond motifs is 1. The number of ether oxygens (including phenoxy) is 2. The number of hydrogen-bond donors (Lipinski definition) is 0. The minimum Gasteiger partial charge on any atom is -0.454 e. The van der Waals surface area contributed by atoms with Gasteiger partial charge < -0.3 is 14.0 Å². The molecule has 0 atom stereocenters. The van der Waals surface area contributed by atoms with Crippen molar-refractivity contribution in [3.05, 3.63) is 57.5 Å². The number of hydrogen-bond acceptors (Lipinski definition) is 4. The normalized spacial score (nSPS) is 12.2. The van der Waals surface area contributed by atoms with Gasteiger partial charge in [-0.1, -0.05) is 6.07 Å². The summed E-state index contributed by atoms with van der Waals surface area (Å²) in [6.07, 6.45) is 0. The third-order valence-electron chi connectivity index (χ3n) is 3.29. The number of aryl methyl sites for hydroxylation is 1. The van der Waals surface area contributed by atoms with Crippen molar-refractivity contribution in [1.29, 1.82) is 5.26 Å². The zero-order valence-corrected chi connectivity index (χ0v) is 10.9. The summed E-state index contributed by atoms with van der Waals surface area (Å²) in [4.78, 5) is 12.1. The summed E-state index contributed by atoms with van der Waals surface area (Å²) >= 11 is 0. The Morgan fingerprint density at radius 1 is 1.25 bits per heavy atom. The smallest absolute Gasteiger partial charge is 0.268 e. The highest BCUT2D eigenvalue weighted by molar-refractivity contribution is 5.44. The molecule has 0 unspecified atom stereocenters. The van der Waals surface area contributed by atoms with E-state index in [1.165, 1.54) is 0 Å². The minimum atomic E-state index is -0.273. The van der Waals surface area contributed by atoms with E-state index < -0.39 is 0 Å². The number of pyridine rings is 1. The van der Waals surface area contributed by atoms with E-state index in [0.717, 1.165) is 11.3 Å². The lowest BCUT2D eigenvalue weighted by atomic mass is 10.2. The highest BCUT2D eigenvalue weighted by Crippen LogP contribution is 2.32. The molecule has 0 N–H and O–H groups in total. The van der Waals surface area contributed by atoms with Crippen LogP contribution < -0.4 is 15.0 Å². The first-order valence-electron chi connectivity index (χ1n) is 6.18. The summed E-state index contributed by atoms with van der Waals surface area (Å²) in [5.41, 5.74) is 1.61. The van der Waals surface area contributed by atoms with Gasteiger partial charge in [-0.3, -0.25) is 4.79 Å². The van der Waals surface area contributed by atoms with Gasteiger partial charge in [-0.15, -0.1) is 0 Å². The molecule has 0 radical (unpaired) electrons. The van der Waals surface area contributed by atoms with E-state index in [1.807, 2.05) is 31.2 Å². The molecule has 0 saturated carbocycles. The van der Waals surface area contributed by atoms with E-state index in [9.17, 15) is 4.79 Å². The topological polar surface area (TPSA) is 64.2 Å². The van der Waals surface area contributed by atoms with Crippen LogP contribution >= 0.6 is 0 Å². The maximum atomic E-state index is 12.1. The molecule has 5 nitrogen and oxygen atoms in total. The number of rotatable bonds is 2. The fourth-order valence-electron chi connectivity index (χ4n) is 2.17. The Hall–Kier alpha value is -2.74. The summed E-state index contributed by atoms with van der Waals surface area (Å²) in [7, 11) is 0. The fraction of sp³-hybridized carbons (Fsp3) is 0.200. The van der Waals surface area contributed by atoms with Crippen LogP contribution in [0, 0.1) is 18.3 Å². The molecule has 1 aromatic heterocycles. The molecule has 2 aromatic rings. The van der Waals surface area contributed by atoms with E-state index in [-0.39, 0.29) is 17.9 Å². The van der Waals surface area contributed by atoms with Crippen LogP contribution in [0.2, 0.25) is 0 Å². The van der Waals surface area contributed by atoms with Crippen molar-refractivity contribution < 1.29 is 9.47 Å². The molecule has 0 aliphatic carbocycles. The van der Waals surface area contributed by atoms with E-state index in [0.29, 0.717) is 18.0 Å². The molecule has 100 valence electrons. The fourth-order valence-corrected chi connectivity index (χ4v) is 2.17. The standard InChI is InChI=1S/C15H12N2O3/c1-10-2-4-12(7-16)15(18)17(10)8-11-3-5-13-14(6-11)20-9-19-13/h2-6H,8-9H2,1H3. The maximum Gasteiger partial charge on any atom is 0.268 e. The van der Waals surface area contributed by atoms with Gasteiger partial charge in [0, 0.05) is 5.69 Å². The summed E-state index contributed by atoms with van der Waals surface area (Å²) in [6.45, 7) is 2.47. The first-order chi connectivity index (χ1) is 9.69. The first-order valence-corrected chi connectivity index (χ1v) is 6.18. The zero-order valence-electron chi connectivity index (χ0n) is 10.9. The molecule has 0 bridgehead atoms. The largest absolute Gasteiger partial charge is 0.454 e. The van der Waals surface area contributed by atoms with Gasteiger partial charge in [-0.2, -0.15) is 5.26 Å². The van der Waals surface area contributed by atoms with Crippen LogP contribution in [0.25, 0.3) is 0 Å². The monoisotopic (exact) mass is 268 g/mol. The van der Waals surface area contributed by atoms with Crippen LogP contribution in [0.3, 0.4) is 0 Å². The highest BCUT2D eigenvalue weighted by atomic mass is 16.7. The zero-order chi connectivity index (χ0) is 14.1. The molecule has 0 saturated heterocycles. The van der Waals surface area contributed by atoms with Crippen LogP contribution in [0.15, 0.2) is 35.1 Å². The van der Waals surface area contributed by atoms with Crippen LogP contribution in [0.5, 0.6) is 11.5 Å². The first kappa shape index (κ1) is 12.3. The Kier molecular flexibility index (Phi) is 2.92. The minimum absolute atomic E-state index is 0.149. The molecule has 0 fully saturated rings. The van der Waals surface area contributed by atoms with Crippen molar-refractivity contribution in [3.8, 4) is 17.6 Å². The lowest BCUT2D eigenvalue weighted by molar-refractivity contribution is 0.174. The van der Waals surface area contributed by atoms with Crippen molar-refractivity contribution in [2.45, 2.75) is 13.5 Å². The summed E-state index contributed by atoms with van der Waals surface area (Å²) in [5, 5.41) is 8.93. The number of nitriles is 1. The second-order valence-corrected chi connectivity index (χ2v) is 4.58. The van der Waals surface area contributed by atoms with Gasteiger partial charge in [0.2, 0.25) is 6.79 Å². The Bertz CT molecular complexity index is 772. The molecule has 1 aromatic carbocycles. The Balaban J connectivity index is 2.00. The van der Waals surface area contributed by atoms with E-state index in [4.69, 9.17) is 14.7 Å². The second kappa shape index (κ2) is 4.74. The quantitative estimate of drug-likeness (QED) is 0.833. The molecule has 0 amide bonds. The molecular weight excluding hydrogens is 256 g/mol. The Morgan fingerprint density at radius 3 is 2.85 bits per heavy atom. The summed E-state index contributed by atoms with van der Waals surface area (Å²) < 4.78 is 12.2. The van der Waals surface area contributed by atoms with Gasteiger partial charge in [-0.25, -0.2) is 0 Å². The number of benzene rings is 1. The molecule has 5 heteroatoms. The summed E-state index contributed by atoms with van der Waals surface area (Å²) in [6, 6.07) is 10.8. The molecule has 1 aliphatic heterocycles. The van der Waals surface area contributed by atoms with Gasteiger partial charge >= 0.3 is 0 Å². The van der Waals surface area contributed by atoms with Crippen LogP contribution in [-0.2, 0) is 6.54 Å². The Morgan fingerprint density at radius 2 is 2.05 bits per heavy atom. The number of nitrogens with zero attached hydrogens (tertiary/aromatic N) is 2. The lowest BCUT2D eigenvalue weighted by Crippen LogP contribution is -2.24. The number of aromatic nitrogens is 1. The molecule has 20 heavy (non-hydrogen) atoms. The van der Waals surface area contributed by atoms with Crippen LogP contribution in [0.4, 0.5) is 0 Å². The highest BCUT2D eigenvalue weighted by Gasteiger charge is 2.14. The van der Waals surface area contributed by atoms with Crippen molar-refractivity contribution >= 4 is 0 Å². The van der Waals surface area contributed by atoms with Gasteiger partial charge in [0.15, 0.2) is 11.5 Å². The van der Waals surface area contributed by atoms with Crippen molar-refractivity contribution in [1.82, 2.24) is 4.57 Å². The van der Waals surface area contributed by atoms with Crippen molar-refractivity contribution in [2.24, 2.45) is 0 Å². The molecule has 1 aliphatic rings. The summed E-state index contributed by atoms with van der Waals surface area (Å²) in [5.74, 6) is 1.40. The van der Waals surface area contributed by atoms with Gasteiger partial charge in [0.25, 0.3) is 5.56 Å². The average Bonchev–Trinajstić information content (AvgIpc) is 2.91. The molecule has 3 rings (SSSR count). The SMILES string of the molecule is Cc1ccc(C#N)c(=O)n1Cc1ccc2c(c1)OCO2. The van der Waals surface area contributed by atoms with E-state index in [2.05, 4.69) is 0 Å². The van der Waals surface area contributed by atoms with Crippen molar-refractivity contribution in [3.63, 3.8) is 0 Å². The lowest BCUT2D eigenvalue weighted by Gasteiger charge is -2.10. The third-order valence-corrected chi connectivity index (χ3v) is 3.29. The maximum absolute atomic E-state index is 12.1. The predicted octanol–water partition coefficient (Wildman–Crippen LogP) is 1.81. The average molecular weight is 268 g/mol. The van der Waals surface area contributed by atoms with Crippen LogP contribution in [0.1, 0.15) is 16.8 Å². The predicted molar refractivity (Wildman–Crippen MR) is 71.8 cm³/mol. The van der Waals surface area contributed by atoms with Gasteiger partial charge in [0.05, 0.1) is 6.54 Å². The van der Waals surface area contributed by atoms with Crippen LogP contribution in [-0.4, -0.2) is 11.4 Å². The Labute approximate surface area is 115 Å². The van der Waals surface area contributed by atoms with Gasteiger partial charge in [-0.05, 0) is 36.8 Å². The van der Waals surface area contributed by atoms with E-state index in [1.54, 1.807) is 16.7 Å².